The summed E-state index contributed by atoms with van der Waals surface area (Å²) < 4.78 is 28.9. The smallest absolute Gasteiger partial charge is 0.243 e. The minimum Gasteiger partial charge on any atom is -0.354 e. The van der Waals surface area contributed by atoms with Gasteiger partial charge in [0.1, 0.15) is 0 Å². The molecule has 2 aromatic rings. The van der Waals surface area contributed by atoms with E-state index in [-0.39, 0.29) is 11.8 Å². The number of nitrogens with one attached hydrogen (secondary N) is 1. The van der Waals surface area contributed by atoms with Crippen LogP contribution in [0.4, 0.5) is 5.95 Å². The molecule has 1 aromatic carbocycles. The van der Waals surface area contributed by atoms with Gasteiger partial charge in [0.05, 0.1) is 4.90 Å². The quantitative estimate of drug-likeness (QED) is 0.701. The van der Waals surface area contributed by atoms with E-state index in [9.17, 15) is 8.42 Å². The van der Waals surface area contributed by atoms with Gasteiger partial charge in [0.2, 0.25) is 16.0 Å². The van der Waals surface area contributed by atoms with Gasteiger partial charge >= 0.3 is 0 Å². The highest BCUT2D eigenvalue weighted by Crippen LogP contribution is 2.34. The highest BCUT2D eigenvalue weighted by molar-refractivity contribution is 7.89. The minimum absolute atomic E-state index is 0.0999. The van der Waals surface area contributed by atoms with Crippen molar-refractivity contribution in [3.63, 3.8) is 0 Å². The van der Waals surface area contributed by atoms with Crippen molar-refractivity contribution in [2.24, 2.45) is 11.8 Å². The van der Waals surface area contributed by atoms with Gasteiger partial charge < -0.3 is 5.32 Å². The maximum absolute atomic E-state index is 13.6. The van der Waals surface area contributed by atoms with Gasteiger partial charge in [0, 0.05) is 36.9 Å². The number of aryl methyl sites for hydroxylation is 2. The Morgan fingerprint density at radius 2 is 1.88 bits per heavy atom. The van der Waals surface area contributed by atoms with E-state index in [1.807, 2.05) is 50.3 Å². The predicted molar refractivity (Wildman–Crippen MR) is 128 cm³/mol. The molecular weight excluding hydrogens is 420 g/mol. The van der Waals surface area contributed by atoms with Crippen molar-refractivity contribution in [3.8, 4) is 0 Å². The summed E-state index contributed by atoms with van der Waals surface area (Å²) >= 11 is 0. The van der Waals surface area contributed by atoms with E-state index in [4.69, 9.17) is 0 Å². The largest absolute Gasteiger partial charge is 0.354 e. The molecule has 170 valence electrons. The lowest BCUT2D eigenvalue weighted by Gasteiger charge is -2.36. The van der Waals surface area contributed by atoms with Crippen LogP contribution in [0.2, 0.25) is 0 Å². The Morgan fingerprint density at radius 1 is 1.12 bits per heavy atom. The van der Waals surface area contributed by atoms with Crippen LogP contribution in [0.25, 0.3) is 0 Å². The molecule has 1 aliphatic heterocycles. The lowest BCUT2D eigenvalue weighted by atomic mass is 9.88. The molecule has 3 atom stereocenters. The summed E-state index contributed by atoms with van der Waals surface area (Å²) in [6.45, 7) is 7.86. The van der Waals surface area contributed by atoms with E-state index in [1.165, 1.54) is 0 Å². The molecule has 0 spiro atoms. The first-order valence-electron chi connectivity index (χ1n) is 11.3. The van der Waals surface area contributed by atoms with E-state index >= 15 is 0 Å². The van der Waals surface area contributed by atoms with Crippen molar-refractivity contribution in [2.45, 2.75) is 44.4 Å². The van der Waals surface area contributed by atoms with Crippen LogP contribution in [0.1, 0.15) is 42.6 Å². The fourth-order valence-corrected chi connectivity index (χ4v) is 6.50. The maximum Gasteiger partial charge on any atom is 0.243 e. The van der Waals surface area contributed by atoms with Crippen LogP contribution in [0.3, 0.4) is 0 Å². The Bertz CT molecular complexity index is 1110. The standard InChI is InChI=1S/C25H32N4O2S/c1-18-17-29(14-13-22(18)16-26-25-27-19(2)15-20(3)28-25)32(30,31)24-12-8-7-11-23(24)21-9-5-4-6-10-21/h4-9,11-12,15,18,21-22H,10,13-14,16-17H2,1-3H3,(H,26,27,28)/t18-,21?,22-/m0/s1. The zero-order chi connectivity index (χ0) is 22.7. The molecule has 1 aliphatic carbocycles. The number of allylic oxidation sites excluding steroid dienone is 4. The van der Waals surface area contributed by atoms with Gasteiger partial charge in [-0.15, -0.1) is 0 Å². The minimum atomic E-state index is -3.55. The second-order valence-corrected chi connectivity index (χ2v) is 10.8. The second kappa shape index (κ2) is 9.55. The average Bonchev–Trinajstić information content (AvgIpc) is 2.78. The first-order valence-corrected chi connectivity index (χ1v) is 12.8. The van der Waals surface area contributed by atoms with Crippen LogP contribution < -0.4 is 5.32 Å². The van der Waals surface area contributed by atoms with Crippen LogP contribution in [0.5, 0.6) is 0 Å². The van der Waals surface area contributed by atoms with Crippen LogP contribution in [-0.2, 0) is 10.0 Å². The number of benzene rings is 1. The molecule has 1 fully saturated rings. The molecule has 0 bridgehead atoms. The van der Waals surface area contributed by atoms with Crippen molar-refractivity contribution in [1.82, 2.24) is 14.3 Å². The summed E-state index contributed by atoms with van der Waals surface area (Å²) in [4.78, 5) is 9.35. The molecule has 1 N–H and O–H groups in total. The maximum atomic E-state index is 13.6. The number of nitrogens with zero attached hydrogens (tertiary/aromatic N) is 3. The van der Waals surface area contributed by atoms with Gasteiger partial charge in [-0.3, -0.25) is 0 Å². The average molecular weight is 453 g/mol. The Labute approximate surface area is 191 Å². The van der Waals surface area contributed by atoms with E-state index in [0.29, 0.717) is 29.9 Å². The molecule has 1 saturated heterocycles. The molecule has 0 saturated carbocycles. The van der Waals surface area contributed by atoms with Gasteiger partial charge in [0.15, 0.2) is 0 Å². The summed E-state index contributed by atoms with van der Waals surface area (Å²) in [7, 11) is -3.55. The number of piperidine rings is 1. The summed E-state index contributed by atoms with van der Waals surface area (Å²) in [5.74, 6) is 1.35. The molecule has 32 heavy (non-hydrogen) atoms. The van der Waals surface area contributed by atoms with Gasteiger partial charge in [-0.2, -0.15) is 4.31 Å². The SMILES string of the molecule is Cc1cc(C)nc(NC[C@@H]2CCN(S(=O)(=O)c3ccccc3C3C=CC=CC3)C[C@@H]2C)n1. The van der Waals surface area contributed by atoms with Crippen molar-refractivity contribution in [3.05, 3.63) is 71.6 Å². The van der Waals surface area contributed by atoms with Gasteiger partial charge in [-0.25, -0.2) is 18.4 Å². The zero-order valence-electron chi connectivity index (χ0n) is 19.0. The molecule has 0 radical (unpaired) electrons. The summed E-state index contributed by atoms with van der Waals surface area (Å²) in [6.07, 6.45) is 9.83. The Balaban J connectivity index is 1.45. The topological polar surface area (TPSA) is 75.2 Å². The first-order chi connectivity index (χ1) is 15.3. The Morgan fingerprint density at radius 3 is 2.56 bits per heavy atom. The molecule has 7 heteroatoms. The van der Waals surface area contributed by atoms with Gasteiger partial charge in [-0.1, -0.05) is 49.4 Å². The third kappa shape index (κ3) is 4.94. The zero-order valence-corrected chi connectivity index (χ0v) is 19.8. The second-order valence-electron chi connectivity index (χ2n) is 8.94. The van der Waals surface area contributed by atoms with Crippen molar-refractivity contribution >= 4 is 16.0 Å². The van der Waals surface area contributed by atoms with E-state index in [2.05, 4.69) is 34.4 Å². The van der Waals surface area contributed by atoms with Crippen LogP contribution >= 0.6 is 0 Å². The summed E-state index contributed by atoms with van der Waals surface area (Å²) in [6, 6.07) is 9.41. The van der Waals surface area contributed by atoms with E-state index in [0.717, 1.165) is 36.3 Å². The lowest BCUT2D eigenvalue weighted by Crippen LogP contribution is -2.44. The number of hydrogen-bond donors (Lipinski definition) is 1. The molecule has 1 unspecified atom stereocenters. The highest BCUT2D eigenvalue weighted by Gasteiger charge is 2.35. The molecule has 4 rings (SSSR count). The first kappa shape index (κ1) is 22.7. The third-order valence-electron chi connectivity index (χ3n) is 6.47. The molecular formula is C25H32N4O2S. The Hall–Kier alpha value is -2.51. The Kier molecular flexibility index (Phi) is 6.76. The lowest BCUT2D eigenvalue weighted by molar-refractivity contribution is 0.207. The van der Waals surface area contributed by atoms with E-state index < -0.39 is 10.0 Å². The fraction of sp³-hybridized carbons (Fsp3) is 0.440. The molecule has 2 heterocycles. The predicted octanol–water partition coefficient (Wildman–Crippen LogP) is 4.45. The van der Waals surface area contributed by atoms with Gasteiger partial charge in [0.25, 0.3) is 0 Å². The van der Waals surface area contributed by atoms with Crippen LogP contribution in [0, 0.1) is 25.7 Å². The highest BCUT2D eigenvalue weighted by atomic mass is 32.2. The summed E-state index contributed by atoms with van der Waals surface area (Å²) in [5, 5.41) is 3.36. The number of sulfonamides is 1. The van der Waals surface area contributed by atoms with Crippen LogP contribution in [0.15, 0.2) is 59.5 Å². The van der Waals surface area contributed by atoms with Crippen molar-refractivity contribution in [1.29, 1.82) is 0 Å². The number of aromatic nitrogens is 2. The third-order valence-corrected chi connectivity index (χ3v) is 8.41. The van der Waals surface area contributed by atoms with Crippen molar-refractivity contribution < 1.29 is 8.42 Å². The molecule has 2 aliphatic rings. The van der Waals surface area contributed by atoms with E-state index in [1.54, 1.807) is 10.4 Å². The molecule has 1 aromatic heterocycles. The fourth-order valence-electron chi connectivity index (χ4n) is 4.68. The van der Waals surface area contributed by atoms with Gasteiger partial charge in [-0.05, 0) is 56.2 Å². The molecule has 0 amide bonds. The molecule has 6 nitrogen and oxygen atoms in total. The number of rotatable bonds is 6. The van der Waals surface area contributed by atoms with Crippen LogP contribution in [-0.4, -0.2) is 42.3 Å². The normalized spacial score (nSPS) is 23.9. The number of anilines is 1. The van der Waals surface area contributed by atoms with Crippen molar-refractivity contribution in [2.75, 3.05) is 25.0 Å². The summed E-state index contributed by atoms with van der Waals surface area (Å²) in [5.41, 5.74) is 2.77. The monoisotopic (exact) mass is 452 g/mol. The number of hydrogen-bond acceptors (Lipinski definition) is 5.